The molecule has 11 heterocycles. The van der Waals surface area contributed by atoms with Gasteiger partial charge >= 0.3 is 11.9 Å². The Bertz CT molecular complexity index is 6410. The normalized spacial score (nSPS) is 14.0. The lowest BCUT2D eigenvalue weighted by Gasteiger charge is -2.35. The molecule has 1 saturated heterocycles. The van der Waals surface area contributed by atoms with E-state index in [4.69, 9.17) is 24.7 Å². The molecule has 7 N–H and O–H groups in total. The van der Waals surface area contributed by atoms with Crippen molar-refractivity contribution >= 4 is 67.1 Å². The summed E-state index contributed by atoms with van der Waals surface area (Å²) in [6, 6.07) is 43.7. The van der Waals surface area contributed by atoms with Gasteiger partial charge in [0.15, 0.2) is 11.6 Å². The van der Waals surface area contributed by atoms with Crippen molar-refractivity contribution in [1.82, 2.24) is 53.5 Å². The largest absolute Gasteiger partial charge is 0.496 e. The van der Waals surface area contributed by atoms with Crippen molar-refractivity contribution in [3.05, 3.63) is 314 Å². The number of aryl methyl sites for hydroxylation is 6. The predicted octanol–water partition coefficient (Wildman–Crippen LogP) is 17.8. The third kappa shape index (κ3) is 19.2. The van der Waals surface area contributed by atoms with Crippen LogP contribution in [0.4, 0.5) is 0 Å². The molecular weight excluding hydrogens is 1550 g/mol. The fourth-order valence-electron chi connectivity index (χ4n) is 18.1. The molecule has 10 aromatic heterocycles. The number of ether oxygens (including phenoxy) is 4. The van der Waals surface area contributed by atoms with Crippen LogP contribution in [0, 0.1) is 81.1 Å². The van der Waals surface area contributed by atoms with Crippen molar-refractivity contribution in [3.63, 3.8) is 0 Å². The number of aromatic carboxylic acids is 1. The Morgan fingerprint density at radius 1 is 0.463 bits per heavy atom. The molecule has 123 heavy (non-hydrogen) atoms. The van der Waals surface area contributed by atoms with Crippen molar-refractivity contribution in [1.29, 1.82) is 0 Å². The van der Waals surface area contributed by atoms with Crippen molar-refractivity contribution < 1.29 is 43.2 Å². The van der Waals surface area contributed by atoms with Gasteiger partial charge in [-0.15, -0.1) is 0 Å². The number of aromatic amines is 3. The van der Waals surface area contributed by atoms with Gasteiger partial charge in [0, 0.05) is 157 Å². The number of pyridine rings is 6. The number of aromatic nitrogens is 10. The van der Waals surface area contributed by atoms with Crippen molar-refractivity contribution in [2.45, 2.75) is 167 Å². The van der Waals surface area contributed by atoms with E-state index >= 15 is 0 Å². The van der Waals surface area contributed by atoms with Crippen LogP contribution >= 0.6 is 0 Å². The van der Waals surface area contributed by atoms with Crippen LogP contribution in [0.1, 0.15) is 209 Å². The minimum absolute atomic E-state index is 0.0168. The van der Waals surface area contributed by atoms with Gasteiger partial charge in [-0.3, -0.25) is 38.9 Å². The zero-order chi connectivity index (χ0) is 88.9. The van der Waals surface area contributed by atoms with Crippen LogP contribution in [0.25, 0.3) is 43.6 Å². The lowest BCUT2D eigenvalue weighted by molar-refractivity contribution is 0.0600. The molecule has 15 rings (SSSR count). The van der Waals surface area contributed by atoms with E-state index in [9.17, 15) is 38.7 Å². The molecule has 0 bridgehead atoms. The van der Waals surface area contributed by atoms with Crippen LogP contribution in [0.2, 0.25) is 0 Å². The lowest BCUT2D eigenvalue weighted by atomic mass is 9.82. The van der Waals surface area contributed by atoms with Crippen molar-refractivity contribution in [2.75, 3.05) is 41.5 Å². The van der Waals surface area contributed by atoms with Gasteiger partial charge in [0.2, 0.25) is 0 Å². The average molecular weight is 1660 g/mol. The maximum absolute atomic E-state index is 13.5. The first-order valence-electron chi connectivity index (χ1n) is 41.6. The minimum atomic E-state index is -0.883. The van der Waals surface area contributed by atoms with E-state index in [0.717, 1.165) is 131 Å². The summed E-state index contributed by atoms with van der Waals surface area (Å²) in [7, 11) is 6.04. The number of hydrogen-bond donors (Lipinski definition) is 6. The van der Waals surface area contributed by atoms with E-state index in [-0.39, 0.29) is 71.7 Å². The van der Waals surface area contributed by atoms with Gasteiger partial charge in [-0.05, 0) is 235 Å². The second kappa shape index (κ2) is 40.1. The molecule has 0 aliphatic carbocycles. The Morgan fingerprint density at radius 3 is 1.14 bits per heavy atom. The van der Waals surface area contributed by atoms with E-state index in [0.29, 0.717) is 81.3 Å². The molecule has 642 valence electrons. The molecule has 4 aromatic carbocycles. The third-order valence-electron chi connectivity index (χ3n) is 24.1. The summed E-state index contributed by atoms with van der Waals surface area (Å²) in [5.41, 5.74) is 25.7. The Hall–Kier alpha value is -13.1. The van der Waals surface area contributed by atoms with Gasteiger partial charge in [-0.2, -0.15) is 0 Å². The molecule has 6 atom stereocenters. The molecule has 24 heteroatoms. The quantitative estimate of drug-likeness (QED) is 0.0271. The number of nitrogens with one attached hydrogen (secondary N) is 4. The molecule has 0 amide bonds. The molecule has 24 nitrogen and oxygen atoms in total. The average Bonchev–Trinajstić information content (AvgIpc) is 1.63. The number of ketones is 2. The summed E-state index contributed by atoms with van der Waals surface area (Å²) in [6.45, 7) is 32.7. The van der Waals surface area contributed by atoms with Crippen LogP contribution < -0.4 is 41.9 Å². The van der Waals surface area contributed by atoms with Crippen molar-refractivity contribution in [2.24, 2.45) is 17.6 Å². The number of H-pyrrole nitrogens is 3. The maximum atomic E-state index is 13.5. The van der Waals surface area contributed by atoms with Gasteiger partial charge < -0.3 is 68.3 Å². The number of hydrogen-bond acceptors (Lipinski definition) is 16. The number of benzene rings is 4. The number of fused-ring (bicyclic) bond motifs is 4. The van der Waals surface area contributed by atoms with Gasteiger partial charge in [0.05, 0.1) is 74.4 Å². The van der Waals surface area contributed by atoms with Crippen LogP contribution in [-0.4, -0.2) is 118 Å². The molecule has 0 saturated carbocycles. The number of rotatable bonds is 22. The summed E-state index contributed by atoms with van der Waals surface area (Å²) >= 11 is 0. The van der Waals surface area contributed by atoms with E-state index < -0.39 is 5.97 Å². The first kappa shape index (κ1) is 90.7. The number of piperidine rings is 1. The Morgan fingerprint density at radius 2 is 0.789 bits per heavy atom. The second-order valence-corrected chi connectivity index (χ2v) is 31.8. The fraction of sp³-hybridized carbons (Fsp3) is 0.333. The number of carbonyl (C=O) groups is 4. The first-order valence-corrected chi connectivity index (χ1v) is 41.6. The van der Waals surface area contributed by atoms with Gasteiger partial charge in [-0.25, -0.2) is 9.59 Å². The smallest absolute Gasteiger partial charge is 0.340 e. The molecule has 0 radical (unpaired) electrons. The minimum Gasteiger partial charge on any atom is -0.496 e. The molecule has 6 unspecified atom stereocenters. The number of carboxylic acids is 1. The number of Topliss-reactive ketones (excluding diaryl/α,β-unsaturated/α-hetero) is 2. The van der Waals surface area contributed by atoms with Crippen LogP contribution in [0.3, 0.4) is 0 Å². The number of methoxy groups -OCH3 is 4. The van der Waals surface area contributed by atoms with E-state index in [1.807, 2.05) is 163 Å². The number of esters is 1. The number of nitrogens with two attached hydrogens (primary N) is 1. The number of carboxylic acid groups (broad SMARTS) is 1. The molecular formula is C99H114N12O12. The summed E-state index contributed by atoms with van der Waals surface area (Å²) in [5, 5.41) is 16.7. The molecule has 1 fully saturated rings. The number of carbonyl (C=O) groups excluding carboxylic acids is 3. The predicted molar refractivity (Wildman–Crippen MR) is 486 cm³/mol. The summed E-state index contributed by atoms with van der Waals surface area (Å²) in [4.78, 5) is 108. The van der Waals surface area contributed by atoms with E-state index in [1.165, 1.54) is 25.3 Å². The molecule has 14 aromatic rings. The van der Waals surface area contributed by atoms with Gasteiger partial charge in [-0.1, -0.05) is 79.7 Å². The Balaban J connectivity index is 0.000000155. The number of para-hydroxylation sites is 4. The standard InChI is InChI=1S/C27H35N3O3.C27H29N3O3.C19H20N2O2.C18H18N2O2.C8H12N2O2/c2*1-16-15-28-13-12-20(16)18(3)30-19(4)26(21-8-6-7-9-23(21)30)24(31)11-10-22-25(33-5)14-17(2)29-27(22)32;1-12-11-20-10-9-15(12)13(2)21-14(3)18(19(22)23-4)16-7-5-6-8-17(16)21;1-11-10-19-9-8-14(11)12(2)20-13(3)17(18(21)22)15-6-4-5-7-16(15)20;1-5-3-7(12-2)6(4-9)8(11)10-5/h6-9,14,16,18,20,28H,10-13,15H2,1-5H3,(H,29,32);6-9,12-15,18H,10-11H2,1-5H3,(H,29,32);5-11,13H,1-4H3;4-10,12H,1-3H3,(H,21,22);3H,4,9H2,1-2H3,(H,10,11). The Labute approximate surface area is 716 Å². The highest BCUT2D eigenvalue weighted by Crippen LogP contribution is 2.40. The monoisotopic (exact) mass is 1660 g/mol. The lowest BCUT2D eigenvalue weighted by Crippen LogP contribution is -2.38. The van der Waals surface area contributed by atoms with E-state index in [1.54, 1.807) is 57.9 Å². The van der Waals surface area contributed by atoms with Crippen LogP contribution in [0.5, 0.6) is 17.2 Å². The fourth-order valence-corrected chi connectivity index (χ4v) is 18.1. The van der Waals surface area contributed by atoms with Crippen LogP contribution in [0.15, 0.2) is 185 Å². The topological polar surface area (TPSA) is 320 Å². The van der Waals surface area contributed by atoms with E-state index in [2.05, 4.69) is 121 Å². The maximum Gasteiger partial charge on any atom is 0.340 e. The van der Waals surface area contributed by atoms with Gasteiger partial charge in [0.1, 0.15) is 17.2 Å². The summed E-state index contributed by atoms with van der Waals surface area (Å²) < 4.78 is 29.7. The highest BCUT2D eigenvalue weighted by Gasteiger charge is 2.33. The molecule has 0 spiro atoms. The second-order valence-electron chi connectivity index (χ2n) is 31.8. The zero-order valence-corrected chi connectivity index (χ0v) is 73.9. The Kier molecular flexibility index (Phi) is 29.6. The number of nitrogens with zero attached hydrogens (tertiary/aromatic N) is 7. The zero-order valence-electron chi connectivity index (χ0n) is 73.9. The first-order chi connectivity index (χ1) is 58.9. The highest BCUT2D eigenvalue weighted by molar-refractivity contribution is 6.11. The highest BCUT2D eigenvalue weighted by atomic mass is 16.5. The third-order valence-corrected chi connectivity index (χ3v) is 24.1. The van der Waals surface area contributed by atoms with Gasteiger partial charge in [0.25, 0.3) is 16.7 Å². The molecule has 1 aliphatic rings. The molecule has 1 aliphatic heterocycles. The SMILES string of the molecule is COC(=O)c1c(C)n(C(C)c2ccncc2C)c2ccccc12.COc1cc(C)[nH]c(=O)c1CCC(=O)c1c(C)n(C(C)C2CCNCC2C)c2ccccc12.COc1cc(C)[nH]c(=O)c1CCC(=O)c1c(C)n(C(C)c2ccncc2C)c2ccccc12.COc1cc(C)[nH]c(=O)c1CN.Cc1cnccc1C(C)n1c(C)c(C(=O)O)c2ccccc21. The summed E-state index contributed by atoms with van der Waals surface area (Å²) in [6.07, 6.45) is 13.2. The van der Waals surface area contributed by atoms with Crippen molar-refractivity contribution in [3.8, 4) is 17.2 Å². The van der Waals surface area contributed by atoms with Crippen LogP contribution in [-0.2, 0) is 24.1 Å². The summed E-state index contributed by atoms with van der Waals surface area (Å²) in [5.74, 6) is 1.65.